The Hall–Kier alpha value is -2.46. The third-order valence-corrected chi connectivity index (χ3v) is 19.4. The van der Waals surface area contributed by atoms with Crippen molar-refractivity contribution < 1.29 is 80.2 Å². The van der Waals surface area contributed by atoms with Crippen LogP contribution < -0.4 is 0 Å². The number of carbonyl (C=O) groups is 4. The lowest BCUT2D eigenvalue weighted by molar-refractivity contribution is -0.161. The molecule has 17 nitrogen and oxygen atoms in total. The molecule has 0 heterocycles. The number of hydrogen-bond donors (Lipinski definition) is 3. The van der Waals surface area contributed by atoms with Gasteiger partial charge in [-0.3, -0.25) is 37.3 Å². The van der Waals surface area contributed by atoms with Crippen LogP contribution in [-0.2, 0) is 65.4 Å². The molecule has 19 heteroatoms. The van der Waals surface area contributed by atoms with E-state index in [1.165, 1.54) is 199 Å². The summed E-state index contributed by atoms with van der Waals surface area (Å²) in [6, 6.07) is 0. The van der Waals surface area contributed by atoms with Gasteiger partial charge in [-0.05, 0) is 57.8 Å². The second-order valence-electron chi connectivity index (χ2n) is 27.0. The molecule has 0 aromatic carbocycles. The highest BCUT2D eigenvalue weighted by Crippen LogP contribution is 2.45. The Morgan fingerprint density at radius 3 is 0.792 bits per heavy atom. The number of carbonyl (C=O) groups excluding carboxylic acids is 4. The average molecular weight is 1410 g/mol. The van der Waals surface area contributed by atoms with E-state index in [1.807, 2.05) is 0 Å². The molecule has 96 heavy (non-hydrogen) atoms. The Morgan fingerprint density at radius 2 is 0.510 bits per heavy atom. The van der Waals surface area contributed by atoms with Crippen molar-refractivity contribution in [3.63, 3.8) is 0 Å². The third kappa shape index (κ3) is 70.0. The smallest absolute Gasteiger partial charge is 0.462 e. The highest BCUT2D eigenvalue weighted by molar-refractivity contribution is 7.47. The van der Waals surface area contributed by atoms with Crippen LogP contribution in [0.15, 0.2) is 24.3 Å². The number of phosphoric ester groups is 2. The van der Waals surface area contributed by atoms with Crippen LogP contribution in [0.25, 0.3) is 0 Å². The molecule has 566 valence electrons. The summed E-state index contributed by atoms with van der Waals surface area (Å²) in [5, 5.41) is 10.6. The van der Waals surface area contributed by atoms with Gasteiger partial charge in [0.1, 0.15) is 19.3 Å². The largest absolute Gasteiger partial charge is 0.472 e. The molecule has 0 bridgehead atoms. The zero-order chi connectivity index (χ0) is 70.4. The Kier molecular flexibility index (Phi) is 69.1. The maximum atomic E-state index is 13.1. The van der Waals surface area contributed by atoms with Crippen molar-refractivity contribution in [3.05, 3.63) is 24.3 Å². The first-order valence-corrected chi connectivity index (χ1v) is 42.6. The topological polar surface area (TPSA) is 237 Å². The molecule has 0 aliphatic rings. The van der Waals surface area contributed by atoms with Gasteiger partial charge in [-0.15, -0.1) is 0 Å². The van der Waals surface area contributed by atoms with Crippen molar-refractivity contribution in [3.8, 4) is 0 Å². The van der Waals surface area contributed by atoms with Crippen LogP contribution in [0.5, 0.6) is 0 Å². The van der Waals surface area contributed by atoms with Crippen molar-refractivity contribution in [2.24, 2.45) is 0 Å². The van der Waals surface area contributed by atoms with Gasteiger partial charge in [0.15, 0.2) is 12.2 Å². The molecule has 0 amide bonds. The normalized spacial score (nSPS) is 14.0. The van der Waals surface area contributed by atoms with Gasteiger partial charge in [-0.1, -0.05) is 328 Å². The van der Waals surface area contributed by atoms with Crippen LogP contribution in [0.1, 0.15) is 387 Å². The monoisotopic (exact) mass is 1410 g/mol. The van der Waals surface area contributed by atoms with Crippen LogP contribution >= 0.6 is 15.6 Å². The van der Waals surface area contributed by atoms with Crippen LogP contribution in [-0.4, -0.2) is 96.7 Å². The molecule has 5 atom stereocenters. The number of rotatable bonds is 76. The summed E-state index contributed by atoms with van der Waals surface area (Å²) in [5.74, 6) is -2.14. The fourth-order valence-corrected chi connectivity index (χ4v) is 13.0. The molecule has 0 saturated carbocycles. The first kappa shape index (κ1) is 93.5. The molecule has 0 aliphatic carbocycles. The van der Waals surface area contributed by atoms with Crippen LogP contribution in [0, 0.1) is 0 Å². The van der Waals surface area contributed by atoms with Crippen molar-refractivity contribution in [1.29, 1.82) is 0 Å². The molecule has 0 saturated heterocycles. The van der Waals surface area contributed by atoms with E-state index in [0.29, 0.717) is 25.7 Å². The zero-order valence-corrected chi connectivity index (χ0v) is 63.6. The summed E-state index contributed by atoms with van der Waals surface area (Å²) in [6.45, 7) is 4.94. The van der Waals surface area contributed by atoms with Gasteiger partial charge in [0.05, 0.1) is 26.4 Å². The molecule has 0 fully saturated rings. The van der Waals surface area contributed by atoms with Gasteiger partial charge in [-0.25, -0.2) is 9.13 Å². The third-order valence-electron chi connectivity index (χ3n) is 17.4. The summed E-state index contributed by atoms with van der Waals surface area (Å²) >= 11 is 0. The van der Waals surface area contributed by atoms with Gasteiger partial charge < -0.3 is 33.8 Å². The molecule has 0 aromatic rings. The van der Waals surface area contributed by atoms with Gasteiger partial charge in [0.25, 0.3) is 0 Å². The number of allylic oxidation sites excluding steroid dienone is 4. The number of aliphatic hydroxyl groups is 1. The quantitative estimate of drug-likeness (QED) is 0.0169. The summed E-state index contributed by atoms with van der Waals surface area (Å²) in [7, 11) is -9.92. The van der Waals surface area contributed by atoms with Crippen molar-refractivity contribution in [2.45, 2.75) is 406 Å². The van der Waals surface area contributed by atoms with E-state index in [1.54, 1.807) is 0 Å². The Balaban J connectivity index is 5.29. The zero-order valence-electron chi connectivity index (χ0n) is 61.8. The number of hydrogen-bond acceptors (Lipinski definition) is 15. The minimum atomic E-state index is -4.96. The molecule has 2 unspecified atom stereocenters. The van der Waals surface area contributed by atoms with E-state index in [4.69, 9.17) is 37.0 Å². The number of esters is 4. The molecule has 3 N–H and O–H groups in total. The van der Waals surface area contributed by atoms with Crippen molar-refractivity contribution in [1.82, 2.24) is 0 Å². The minimum Gasteiger partial charge on any atom is -0.462 e. The molecule has 0 aromatic heterocycles. The summed E-state index contributed by atoms with van der Waals surface area (Å²) in [5.41, 5.74) is 0. The second-order valence-corrected chi connectivity index (χ2v) is 29.9. The molecule has 0 spiro atoms. The molecule has 0 radical (unpaired) electrons. The Bertz CT molecular complexity index is 1920. The number of aliphatic hydroxyl groups excluding tert-OH is 1. The van der Waals surface area contributed by atoms with Gasteiger partial charge >= 0.3 is 39.5 Å². The predicted molar refractivity (Wildman–Crippen MR) is 391 cm³/mol. The van der Waals surface area contributed by atoms with E-state index < -0.39 is 97.5 Å². The second kappa shape index (κ2) is 71.0. The molecule has 0 rings (SSSR count). The van der Waals surface area contributed by atoms with E-state index in [-0.39, 0.29) is 25.7 Å². The average Bonchev–Trinajstić information content (AvgIpc) is 1.43. The molecular formula is C77H146O17P2. The minimum absolute atomic E-state index is 0.0876. The maximum Gasteiger partial charge on any atom is 0.472 e. The highest BCUT2D eigenvalue weighted by atomic mass is 31.2. The van der Waals surface area contributed by atoms with Crippen LogP contribution in [0.2, 0.25) is 0 Å². The van der Waals surface area contributed by atoms with Gasteiger partial charge in [0, 0.05) is 25.7 Å². The van der Waals surface area contributed by atoms with Gasteiger partial charge in [-0.2, -0.15) is 0 Å². The summed E-state index contributed by atoms with van der Waals surface area (Å²) in [4.78, 5) is 72.9. The van der Waals surface area contributed by atoms with E-state index >= 15 is 0 Å². The van der Waals surface area contributed by atoms with Crippen molar-refractivity contribution >= 4 is 39.5 Å². The number of phosphoric acid groups is 2. The number of ether oxygens (including phenoxy) is 4. The lowest BCUT2D eigenvalue weighted by Crippen LogP contribution is -2.30. The lowest BCUT2D eigenvalue weighted by Gasteiger charge is -2.21. The van der Waals surface area contributed by atoms with Crippen LogP contribution in [0.3, 0.4) is 0 Å². The summed E-state index contributed by atoms with van der Waals surface area (Å²) in [6.07, 6.45) is 64.4. The van der Waals surface area contributed by atoms with Crippen LogP contribution in [0.4, 0.5) is 0 Å². The SMILES string of the molecule is CCCCC/C=C\C/C=C\CCCCCCCC(=O)O[C@H](COC(=O)CCCCCCCCCCCCCCCCC)COP(=O)(O)OC[C@H](O)COP(=O)(O)OC[C@@H](COC(=O)CCCCCCCCCCCCCCC)OC(=O)CCCCCCCCCCCCCCC. The highest BCUT2D eigenvalue weighted by Gasteiger charge is 2.30. The number of unbranched alkanes of at least 4 members (excludes halogenated alkanes) is 46. The van der Waals surface area contributed by atoms with E-state index in [0.717, 1.165) is 109 Å². The maximum absolute atomic E-state index is 13.1. The lowest BCUT2D eigenvalue weighted by atomic mass is 10.0. The molecule has 0 aliphatic heterocycles. The Morgan fingerprint density at radius 1 is 0.292 bits per heavy atom. The predicted octanol–water partition coefficient (Wildman–Crippen LogP) is 22.6. The summed E-state index contributed by atoms with van der Waals surface area (Å²) < 4.78 is 68.6. The first-order valence-electron chi connectivity index (χ1n) is 39.6. The fraction of sp³-hybridized carbons (Fsp3) is 0.896. The molecular weight excluding hydrogens is 1260 g/mol. The first-order chi connectivity index (χ1) is 46.7. The van der Waals surface area contributed by atoms with Crippen molar-refractivity contribution in [2.75, 3.05) is 39.6 Å². The van der Waals surface area contributed by atoms with E-state index in [9.17, 15) is 43.2 Å². The fourth-order valence-electron chi connectivity index (χ4n) is 11.4. The Labute approximate surface area is 586 Å². The van der Waals surface area contributed by atoms with E-state index in [2.05, 4.69) is 52.0 Å². The standard InChI is InChI=1S/C77H146O17P2/c1-5-9-13-17-21-25-29-33-35-39-42-46-50-54-58-62-75(80)88-68-73(94-77(82)64-60-56-52-48-44-40-36-34-30-26-22-18-14-10-6-2)70-92-96(85,86)90-66-71(78)65-89-95(83,84)91-69-72(93-76(81)63-59-55-51-47-43-38-32-28-24-20-16-12-8-4)67-87-74(79)61-57-53-49-45-41-37-31-27-23-19-15-11-7-3/h22,26,34,36,71-73,78H,5-21,23-25,27-33,35,37-70H2,1-4H3,(H,83,84)(H,85,86)/b26-22-,36-34-/t71-,72-,73-/m1/s1. The van der Waals surface area contributed by atoms with Gasteiger partial charge in [0.2, 0.25) is 0 Å².